The first-order chi connectivity index (χ1) is 9.04. The van der Waals surface area contributed by atoms with Crippen LogP contribution in [0, 0.1) is 22.7 Å². The zero-order chi connectivity index (χ0) is 13.9. The van der Waals surface area contributed by atoms with Crippen LogP contribution in [-0.2, 0) is 0 Å². The van der Waals surface area contributed by atoms with Crippen LogP contribution in [0.1, 0.15) is 24.3 Å². The molecule has 0 spiro atoms. The van der Waals surface area contributed by atoms with Gasteiger partial charge in [0.15, 0.2) is 0 Å². The van der Waals surface area contributed by atoms with Gasteiger partial charge in [0.1, 0.15) is 12.1 Å². The first-order valence-corrected chi connectivity index (χ1v) is 5.66. The third-order valence-corrected chi connectivity index (χ3v) is 2.96. The maximum Gasteiger partial charge on any atom is 0.249 e. The molecule has 0 bridgehead atoms. The fourth-order valence-corrected chi connectivity index (χ4v) is 1.95. The van der Waals surface area contributed by atoms with Gasteiger partial charge < -0.3 is 0 Å². The normalized spacial score (nSPS) is 16.6. The Kier molecular flexibility index (Phi) is 3.43. The van der Waals surface area contributed by atoms with E-state index in [1.807, 2.05) is 0 Å². The van der Waals surface area contributed by atoms with Gasteiger partial charge in [-0.25, -0.2) is 8.78 Å². The Morgan fingerprint density at radius 3 is 2.58 bits per heavy atom. The molecule has 1 N–H and O–H groups in total. The fourth-order valence-electron chi connectivity index (χ4n) is 1.95. The zero-order valence-electron chi connectivity index (χ0n) is 9.90. The molecule has 1 aliphatic carbocycles. The fraction of sp³-hybridized carbons (Fsp3) is 0.308. The van der Waals surface area contributed by atoms with Gasteiger partial charge in [-0.1, -0.05) is 12.1 Å². The zero-order valence-corrected chi connectivity index (χ0v) is 9.90. The molecular weight excluding hydrogens is 250 g/mol. The molecule has 0 radical (unpaired) electrons. The van der Waals surface area contributed by atoms with Gasteiger partial charge in [0.2, 0.25) is 11.6 Å². The van der Waals surface area contributed by atoms with Crippen LogP contribution < -0.4 is 5.43 Å². The van der Waals surface area contributed by atoms with Crippen LogP contribution in [0.5, 0.6) is 0 Å². The van der Waals surface area contributed by atoms with Crippen molar-refractivity contribution in [2.75, 3.05) is 5.43 Å². The highest BCUT2D eigenvalue weighted by atomic mass is 19.3. The monoisotopic (exact) mass is 260 g/mol. The first-order valence-electron chi connectivity index (χ1n) is 5.66. The molecule has 1 aromatic rings. The van der Waals surface area contributed by atoms with E-state index in [0.717, 1.165) is 5.56 Å². The number of rotatable bonds is 3. The molecule has 4 nitrogen and oxygen atoms in total. The summed E-state index contributed by atoms with van der Waals surface area (Å²) in [6.07, 6.45) is -0.275. The van der Waals surface area contributed by atoms with Crippen molar-refractivity contribution < 1.29 is 8.78 Å². The van der Waals surface area contributed by atoms with Crippen LogP contribution in [0.2, 0.25) is 0 Å². The summed E-state index contributed by atoms with van der Waals surface area (Å²) >= 11 is 0. The van der Waals surface area contributed by atoms with Crippen molar-refractivity contribution in [1.29, 1.82) is 10.5 Å². The topological polar surface area (TPSA) is 72.0 Å². The summed E-state index contributed by atoms with van der Waals surface area (Å²) in [5.41, 5.74) is 3.65. The van der Waals surface area contributed by atoms with Gasteiger partial charge in [0.05, 0.1) is 5.69 Å². The summed E-state index contributed by atoms with van der Waals surface area (Å²) < 4.78 is 25.6. The van der Waals surface area contributed by atoms with E-state index in [1.54, 1.807) is 36.4 Å². The largest absolute Gasteiger partial charge is 0.277 e. The summed E-state index contributed by atoms with van der Waals surface area (Å²) in [6.45, 7) is 0. The highest BCUT2D eigenvalue weighted by Gasteiger charge is 2.45. The molecule has 19 heavy (non-hydrogen) atoms. The predicted octanol–water partition coefficient (Wildman–Crippen LogP) is 3.01. The lowest BCUT2D eigenvalue weighted by molar-refractivity contribution is -0.0867. The molecule has 1 aliphatic rings. The average Bonchev–Trinajstić information content (AvgIpc) is 2.37. The Morgan fingerprint density at radius 2 is 2.00 bits per heavy atom. The molecular formula is C13H10F2N4. The molecule has 1 aromatic carbocycles. The highest BCUT2D eigenvalue weighted by Crippen LogP contribution is 2.48. The number of nitrogens with zero attached hydrogens (tertiary/aromatic N) is 3. The SMILES string of the molecule is N#CC(C#N)=NNc1cccc(C2CC(F)(F)C2)c1. The summed E-state index contributed by atoms with van der Waals surface area (Å²) in [4.78, 5) is 0. The maximum atomic E-state index is 12.8. The van der Waals surface area contributed by atoms with Gasteiger partial charge in [-0.05, 0) is 23.6 Å². The Hall–Kier alpha value is -2.47. The summed E-state index contributed by atoms with van der Waals surface area (Å²) in [5.74, 6) is -2.70. The Labute approximate surface area is 109 Å². The molecule has 0 aromatic heterocycles. The number of anilines is 1. The quantitative estimate of drug-likeness (QED) is 0.670. The third-order valence-electron chi connectivity index (χ3n) is 2.96. The van der Waals surface area contributed by atoms with Crippen molar-refractivity contribution in [3.8, 4) is 12.1 Å². The minimum Gasteiger partial charge on any atom is -0.277 e. The van der Waals surface area contributed by atoms with Crippen LogP contribution in [0.15, 0.2) is 29.4 Å². The average molecular weight is 260 g/mol. The van der Waals surface area contributed by atoms with E-state index >= 15 is 0 Å². The van der Waals surface area contributed by atoms with E-state index in [2.05, 4.69) is 10.5 Å². The first kappa shape index (κ1) is 13.0. The van der Waals surface area contributed by atoms with E-state index in [0.29, 0.717) is 5.69 Å². The van der Waals surface area contributed by atoms with Gasteiger partial charge in [-0.2, -0.15) is 15.6 Å². The number of hydrogen-bond donors (Lipinski definition) is 1. The van der Waals surface area contributed by atoms with Crippen LogP contribution >= 0.6 is 0 Å². The van der Waals surface area contributed by atoms with Gasteiger partial charge in [0.25, 0.3) is 0 Å². The Balaban J connectivity index is 2.07. The van der Waals surface area contributed by atoms with Crippen molar-refractivity contribution in [2.24, 2.45) is 5.10 Å². The van der Waals surface area contributed by atoms with E-state index in [4.69, 9.17) is 10.5 Å². The van der Waals surface area contributed by atoms with E-state index < -0.39 is 5.92 Å². The number of nitrogens with one attached hydrogen (secondary N) is 1. The van der Waals surface area contributed by atoms with Crippen molar-refractivity contribution >= 4 is 11.4 Å². The molecule has 0 amide bonds. The lowest BCUT2D eigenvalue weighted by Gasteiger charge is -2.35. The smallest absolute Gasteiger partial charge is 0.249 e. The summed E-state index contributed by atoms with van der Waals surface area (Å²) in [6, 6.07) is 10.1. The van der Waals surface area contributed by atoms with Gasteiger partial charge >= 0.3 is 0 Å². The minimum atomic E-state index is -2.55. The molecule has 0 unspecified atom stereocenters. The molecule has 0 atom stereocenters. The second-order valence-electron chi connectivity index (χ2n) is 4.38. The second kappa shape index (κ2) is 5.03. The van der Waals surface area contributed by atoms with Crippen molar-refractivity contribution in [1.82, 2.24) is 0 Å². The van der Waals surface area contributed by atoms with Crippen LogP contribution in [-0.4, -0.2) is 11.6 Å². The Morgan fingerprint density at radius 1 is 1.32 bits per heavy atom. The van der Waals surface area contributed by atoms with Gasteiger partial charge in [-0.3, -0.25) is 5.43 Å². The van der Waals surface area contributed by atoms with Gasteiger partial charge in [0, 0.05) is 12.8 Å². The number of hydrogen-bond acceptors (Lipinski definition) is 4. The number of alkyl halides is 2. The molecule has 0 heterocycles. The molecule has 0 saturated heterocycles. The van der Waals surface area contributed by atoms with E-state index in [-0.39, 0.29) is 24.5 Å². The number of hydrazone groups is 1. The van der Waals surface area contributed by atoms with Crippen LogP contribution in [0.3, 0.4) is 0 Å². The number of benzene rings is 1. The van der Waals surface area contributed by atoms with Crippen LogP contribution in [0.4, 0.5) is 14.5 Å². The van der Waals surface area contributed by atoms with Crippen molar-refractivity contribution in [3.63, 3.8) is 0 Å². The standard InChI is InChI=1S/C13H10F2N4/c14-13(15)5-10(6-13)9-2-1-3-11(4-9)18-19-12(7-16)8-17/h1-4,10,18H,5-6H2. The predicted molar refractivity (Wildman–Crippen MR) is 65.6 cm³/mol. The third kappa shape index (κ3) is 3.05. The second-order valence-corrected chi connectivity index (χ2v) is 4.38. The van der Waals surface area contributed by atoms with Crippen LogP contribution in [0.25, 0.3) is 0 Å². The van der Waals surface area contributed by atoms with E-state index in [9.17, 15) is 8.78 Å². The highest BCUT2D eigenvalue weighted by molar-refractivity contribution is 6.10. The number of halogens is 2. The molecule has 2 rings (SSSR count). The van der Waals surface area contributed by atoms with Gasteiger partial charge in [-0.15, -0.1) is 0 Å². The minimum absolute atomic E-state index is 0.138. The molecule has 1 fully saturated rings. The van der Waals surface area contributed by atoms with Crippen molar-refractivity contribution in [3.05, 3.63) is 29.8 Å². The molecule has 1 saturated carbocycles. The Bertz CT molecular complexity index is 571. The lowest BCUT2D eigenvalue weighted by Crippen LogP contribution is -2.33. The molecule has 0 aliphatic heterocycles. The number of nitriles is 2. The lowest BCUT2D eigenvalue weighted by atomic mass is 9.77. The van der Waals surface area contributed by atoms with Crippen molar-refractivity contribution in [2.45, 2.75) is 24.7 Å². The summed E-state index contributed by atoms with van der Waals surface area (Å²) in [5, 5.41) is 20.7. The maximum absolute atomic E-state index is 12.8. The summed E-state index contributed by atoms with van der Waals surface area (Å²) in [7, 11) is 0. The molecule has 96 valence electrons. The molecule has 6 heteroatoms. The van der Waals surface area contributed by atoms with E-state index in [1.165, 1.54) is 0 Å².